The molecule has 1 rings (SSSR count). The van der Waals surface area contributed by atoms with E-state index in [-0.39, 0.29) is 24.9 Å². The molecule has 0 unspecified atom stereocenters. The van der Waals surface area contributed by atoms with E-state index in [0.29, 0.717) is 23.8 Å². The summed E-state index contributed by atoms with van der Waals surface area (Å²) in [6.45, 7) is 9.13. The second-order valence-corrected chi connectivity index (χ2v) is 6.03. The average Bonchev–Trinajstić information content (AvgIpc) is 2.46. The molecule has 0 aliphatic carbocycles. The van der Waals surface area contributed by atoms with E-state index in [0.717, 1.165) is 5.57 Å². The molecule has 2 amide bonds. The third-order valence-corrected chi connectivity index (χ3v) is 3.39. The summed E-state index contributed by atoms with van der Waals surface area (Å²) in [4.78, 5) is 27.6. The smallest absolute Gasteiger partial charge is 0.238 e. The standard InChI is InChI=1S/C17H24ClN3O2/c1-5-21(10-13(2)3)17(23)12-20(4)11-16(22)19-15-8-6-14(18)7-9-15/h6-9H,2,5,10-12H2,1,3-4H3,(H,19,22). The number of amides is 2. The summed E-state index contributed by atoms with van der Waals surface area (Å²) in [5.41, 5.74) is 1.61. The van der Waals surface area contributed by atoms with Gasteiger partial charge in [-0.05, 0) is 45.2 Å². The Kier molecular flexibility index (Phi) is 7.78. The molecule has 0 radical (unpaired) electrons. The number of hydrogen-bond donors (Lipinski definition) is 1. The molecule has 0 spiro atoms. The molecule has 23 heavy (non-hydrogen) atoms. The number of benzene rings is 1. The van der Waals surface area contributed by atoms with E-state index >= 15 is 0 Å². The number of likely N-dealkylation sites (N-methyl/N-ethyl adjacent to an activating group) is 2. The molecule has 1 aromatic rings. The fourth-order valence-corrected chi connectivity index (χ4v) is 2.19. The summed E-state index contributed by atoms with van der Waals surface area (Å²) in [5, 5.41) is 3.38. The molecule has 0 aliphatic rings. The Morgan fingerprint density at radius 1 is 1.17 bits per heavy atom. The van der Waals surface area contributed by atoms with Crippen molar-refractivity contribution in [1.82, 2.24) is 9.80 Å². The van der Waals surface area contributed by atoms with Crippen molar-refractivity contribution in [3.63, 3.8) is 0 Å². The van der Waals surface area contributed by atoms with E-state index < -0.39 is 0 Å². The first kappa shape index (κ1) is 19.2. The van der Waals surface area contributed by atoms with Gasteiger partial charge in [0.25, 0.3) is 0 Å². The molecule has 0 fully saturated rings. The number of halogens is 1. The Balaban J connectivity index is 2.46. The Hall–Kier alpha value is -1.85. The van der Waals surface area contributed by atoms with Crippen molar-refractivity contribution in [2.75, 3.05) is 38.5 Å². The molecular formula is C17H24ClN3O2. The van der Waals surface area contributed by atoms with Crippen molar-refractivity contribution in [2.24, 2.45) is 0 Å². The van der Waals surface area contributed by atoms with Crippen LogP contribution in [0.25, 0.3) is 0 Å². The first-order valence-corrected chi connectivity index (χ1v) is 7.85. The minimum absolute atomic E-state index is 0.0164. The van der Waals surface area contributed by atoms with E-state index in [1.165, 1.54) is 0 Å². The second-order valence-electron chi connectivity index (χ2n) is 5.59. The van der Waals surface area contributed by atoms with Gasteiger partial charge in [0.05, 0.1) is 13.1 Å². The summed E-state index contributed by atoms with van der Waals surface area (Å²) >= 11 is 5.80. The highest BCUT2D eigenvalue weighted by atomic mass is 35.5. The van der Waals surface area contributed by atoms with Gasteiger partial charge < -0.3 is 10.2 Å². The number of rotatable bonds is 8. The van der Waals surface area contributed by atoms with Crippen molar-refractivity contribution in [3.05, 3.63) is 41.4 Å². The molecule has 0 heterocycles. The van der Waals surface area contributed by atoms with Crippen LogP contribution in [0.15, 0.2) is 36.4 Å². The zero-order chi connectivity index (χ0) is 17.4. The highest BCUT2D eigenvalue weighted by Crippen LogP contribution is 2.13. The molecule has 0 bridgehead atoms. The Bertz CT molecular complexity index is 557. The monoisotopic (exact) mass is 337 g/mol. The molecule has 0 aliphatic heterocycles. The fourth-order valence-electron chi connectivity index (χ4n) is 2.07. The number of carbonyl (C=O) groups excluding carboxylic acids is 2. The fraction of sp³-hybridized carbons (Fsp3) is 0.412. The molecule has 5 nitrogen and oxygen atoms in total. The predicted octanol–water partition coefficient (Wildman–Crippen LogP) is 2.63. The first-order valence-electron chi connectivity index (χ1n) is 7.48. The van der Waals surface area contributed by atoms with Gasteiger partial charge in [0.2, 0.25) is 11.8 Å². The van der Waals surface area contributed by atoms with Crippen molar-refractivity contribution < 1.29 is 9.59 Å². The number of nitrogens with zero attached hydrogens (tertiary/aromatic N) is 2. The lowest BCUT2D eigenvalue weighted by molar-refractivity contribution is -0.131. The molecule has 0 aromatic heterocycles. The van der Waals surface area contributed by atoms with Crippen LogP contribution in [-0.2, 0) is 9.59 Å². The summed E-state index contributed by atoms with van der Waals surface area (Å²) < 4.78 is 0. The highest BCUT2D eigenvalue weighted by Gasteiger charge is 2.15. The van der Waals surface area contributed by atoms with Crippen molar-refractivity contribution in [3.8, 4) is 0 Å². The lowest BCUT2D eigenvalue weighted by atomic mass is 10.3. The summed E-state index contributed by atoms with van der Waals surface area (Å²) in [6, 6.07) is 6.89. The number of nitrogens with one attached hydrogen (secondary N) is 1. The van der Waals surface area contributed by atoms with Crippen LogP contribution < -0.4 is 5.32 Å². The molecule has 1 N–H and O–H groups in total. The van der Waals surface area contributed by atoms with E-state index in [9.17, 15) is 9.59 Å². The van der Waals surface area contributed by atoms with Crippen molar-refractivity contribution in [2.45, 2.75) is 13.8 Å². The third kappa shape index (κ3) is 7.30. The maximum absolute atomic E-state index is 12.2. The van der Waals surface area contributed by atoms with Crippen LogP contribution in [0.3, 0.4) is 0 Å². The van der Waals surface area contributed by atoms with E-state index in [1.54, 1.807) is 41.1 Å². The van der Waals surface area contributed by atoms with Crippen LogP contribution in [0.1, 0.15) is 13.8 Å². The van der Waals surface area contributed by atoms with Crippen molar-refractivity contribution >= 4 is 29.1 Å². The van der Waals surface area contributed by atoms with Crippen LogP contribution in [-0.4, -0.2) is 54.8 Å². The van der Waals surface area contributed by atoms with Gasteiger partial charge in [0.1, 0.15) is 0 Å². The topological polar surface area (TPSA) is 52.7 Å². The first-order chi connectivity index (χ1) is 10.8. The van der Waals surface area contributed by atoms with Gasteiger partial charge in [-0.15, -0.1) is 0 Å². The molecule has 0 saturated heterocycles. The third-order valence-electron chi connectivity index (χ3n) is 3.14. The molecule has 6 heteroatoms. The largest absolute Gasteiger partial charge is 0.338 e. The number of hydrogen-bond acceptors (Lipinski definition) is 3. The Labute approximate surface area is 142 Å². The van der Waals surface area contributed by atoms with Gasteiger partial charge in [0.15, 0.2) is 0 Å². The summed E-state index contributed by atoms with van der Waals surface area (Å²) in [6.07, 6.45) is 0. The molecular weight excluding hydrogens is 314 g/mol. The van der Waals surface area contributed by atoms with Crippen LogP contribution in [0.5, 0.6) is 0 Å². The Morgan fingerprint density at radius 2 is 1.78 bits per heavy atom. The SMILES string of the molecule is C=C(C)CN(CC)C(=O)CN(C)CC(=O)Nc1ccc(Cl)cc1. The minimum atomic E-state index is -0.175. The predicted molar refractivity (Wildman–Crippen MR) is 94.6 cm³/mol. The van der Waals surface area contributed by atoms with Crippen LogP contribution in [0.4, 0.5) is 5.69 Å². The molecule has 1 aromatic carbocycles. The zero-order valence-electron chi connectivity index (χ0n) is 13.9. The van der Waals surface area contributed by atoms with Gasteiger partial charge in [-0.3, -0.25) is 14.5 Å². The Morgan fingerprint density at radius 3 is 2.30 bits per heavy atom. The van der Waals surface area contributed by atoms with E-state index in [4.69, 9.17) is 11.6 Å². The lowest BCUT2D eigenvalue weighted by Gasteiger charge is -2.24. The zero-order valence-corrected chi connectivity index (χ0v) is 14.7. The average molecular weight is 338 g/mol. The van der Waals surface area contributed by atoms with Crippen LogP contribution in [0.2, 0.25) is 5.02 Å². The minimum Gasteiger partial charge on any atom is -0.338 e. The van der Waals surface area contributed by atoms with Gasteiger partial charge in [-0.25, -0.2) is 0 Å². The van der Waals surface area contributed by atoms with E-state index in [2.05, 4.69) is 11.9 Å². The normalized spacial score (nSPS) is 10.5. The molecule has 0 saturated carbocycles. The van der Waals surface area contributed by atoms with Gasteiger partial charge >= 0.3 is 0 Å². The van der Waals surface area contributed by atoms with Crippen LogP contribution >= 0.6 is 11.6 Å². The molecule has 126 valence electrons. The van der Waals surface area contributed by atoms with Gasteiger partial charge in [-0.2, -0.15) is 0 Å². The number of anilines is 1. The maximum atomic E-state index is 12.2. The van der Waals surface area contributed by atoms with Crippen LogP contribution in [0, 0.1) is 0 Å². The summed E-state index contributed by atoms with van der Waals surface area (Å²) in [5.74, 6) is -0.192. The summed E-state index contributed by atoms with van der Waals surface area (Å²) in [7, 11) is 1.74. The van der Waals surface area contributed by atoms with Gasteiger partial charge in [0, 0.05) is 23.8 Å². The quantitative estimate of drug-likeness (QED) is 0.742. The van der Waals surface area contributed by atoms with E-state index in [1.807, 2.05) is 13.8 Å². The highest BCUT2D eigenvalue weighted by molar-refractivity contribution is 6.30. The molecule has 0 atom stereocenters. The number of carbonyl (C=O) groups is 2. The van der Waals surface area contributed by atoms with Crippen molar-refractivity contribution in [1.29, 1.82) is 0 Å². The maximum Gasteiger partial charge on any atom is 0.238 e. The lowest BCUT2D eigenvalue weighted by Crippen LogP contribution is -2.41. The van der Waals surface area contributed by atoms with Gasteiger partial charge in [-0.1, -0.05) is 23.8 Å². The second kappa shape index (κ2) is 9.33.